The molecule has 154 valence electrons. The van der Waals surface area contributed by atoms with Gasteiger partial charge in [0.15, 0.2) is 6.61 Å². The average Bonchev–Trinajstić information content (AvgIpc) is 2.68. The maximum Gasteiger partial charge on any atom is 0.349 e. The van der Waals surface area contributed by atoms with E-state index in [1.165, 1.54) is 0 Å². The zero-order valence-electron chi connectivity index (χ0n) is 15.9. The van der Waals surface area contributed by atoms with Gasteiger partial charge in [0.05, 0.1) is 5.69 Å². The summed E-state index contributed by atoms with van der Waals surface area (Å²) in [5.41, 5.74) is 0.921. The number of fused-ring (bicyclic) bond motifs is 1. The number of ether oxygens (including phenoxy) is 1. The highest BCUT2D eigenvalue weighted by Crippen LogP contribution is 2.31. The van der Waals surface area contributed by atoms with Gasteiger partial charge in [-0.05, 0) is 50.1 Å². The molecule has 0 saturated carbocycles. The molecule has 2 aliphatic rings. The second-order valence-corrected chi connectivity index (χ2v) is 7.04. The highest BCUT2D eigenvalue weighted by molar-refractivity contribution is 6.05. The molecule has 0 radical (unpaired) electrons. The fraction of sp³-hybridized carbons (Fsp3) is 0.350. The van der Waals surface area contributed by atoms with Gasteiger partial charge in [-0.2, -0.15) is 0 Å². The third kappa shape index (κ3) is 4.44. The Labute approximate surface area is 173 Å². The molecular weight excluding hydrogens is 398 g/mol. The van der Waals surface area contributed by atoms with E-state index in [1.54, 1.807) is 31.2 Å². The Kier molecular flexibility index (Phi) is 6.24. The monoisotopic (exact) mass is 419 g/mol. The first kappa shape index (κ1) is 20.9. The third-order valence-electron chi connectivity index (χ3n) is 4.97. The Hall–Kier alpha value is -2.84. The molecule has 2 aliphatic heterocycles. The van der Waals surface area contributed by atoms with Gasteiger partial charge >= 0.3 is 5.63 Å². The third-order valence-corrected chi connectivity index (χ3v) is 4.97. The summed E-state index contributed by atoms with van der Waals surface area (Å²) >= 11 is 0. The summed E-state index contributed by atoms with van der Waals surface area (Å²) < 4.78 is 10.8. The Morgan fingerprint density at radius 2 is 2.07 bits per heavy atom. The molecule has 0 bridgehead atoms. The molecule has 1 aromatic carbocycles. The number of hydrogen-bond acceptors (Lipinski definition) is 6. The van der Waals surface area contributed by atoms with Crippen LogP contribution in [0.3, 0.4) is 0 Å². The summed E-state index contributed by atoms with van der Waals surface area (Å²) in [4.78, 5) is 36.5. The lowest BCUT2D eigenvalue weighted by molar-refractivity contribution is -0.118. The average molecular weight is 420 g/mol. The van der Waals surface area contributed by atoms with E-state index in [0.717, 1.165) is 25.9 Å². The van der Waals surface area contributed by atoms with Gasteiger partial charge in [-0.15, -0.1) is 12.4 Å². The van der Waals surface area contributed by atoms with Crippen molar-refractivity contribution >= 4 is 35.6 Å². The quantitative estimate of drug-likeness (QED) is 0.704. The van der Waals surface area contributed by atoms with Gasteiger partial charge in [-0.1, -0.05) is 0 Å². The van der Waals surface area contributed by atoms with Crippen molar-refractivity contribution in [3.05, 3.63) is 51.6 Å². The van der Waals surface area contributed by atoms with Crippen LogP contribution in [0.25, 0.3) is 0 Å². The molecule has 8 nitrogen and oxygen atoms in total. The molecule has 2 amide bonds. The van der Waals surface area contributed by atoms with Crippen molar-refractivity contribution in [2.24, 2.45) is 0 Å². The predicted molar refractivity (Wildman–Crippen MR) is 110 cm³/mol. The Balaban J connectivity index is 0.00000240. The maximum atomic E-state index is 12.7. The lowest BCUT2D eigenvalue weighted by Gasteiger charge is -2.22. The number of carbonyl (C=O) groups is 2. The first-order valence-corrected chi connectivity index (χ1v) is 9.24. The lowest BCUT2D eigenvalue weighted by atomic mass is 9.95. The molecule has 3 heterocycles. The molecule has 2 aromatic rings. The Morgan fingerprint density at radius 1 is 1.24 bits per heavy atom. The van der Waals surface area contributed by atoms with Crippen LogP contribution in [0.1, 0.15) is 40.4 Å². The molecule has 1 fully saturated rings. The SMILES string of the molecule is Cc1cc(C2CCCNC2)oc(=O)c1C(=O)Nc1ccc2c(c1)OCC(=O)N2.Cl. The second-order valence-electron chi connectivity index (χ2n) is 7.04. The number of benzene rings is 1. The largest absolute Gasteiger partial charge is 0.482 e. The molecule has 3 N–H and O–H groups in total. The number of anilines is 2. The van der Waals surface area contributed by atoms with Crippen molar-refractivity contribution in [3.63, 3.8) is 0 Å². The van der Waals surface area contributed by atoms with Crippen molar-refractivity contribution in [3.8, 4) is 5.75 Å². The summed E-state index contributed by atoms with van der Waals surface area (Å²) in [6.45, 7) is 3.38. The minimum Gasteiger partial charge on any atom is -0.482 e. The molecule has 29 heavy (non-hydrogen) atoms. The zero-order chi connectivity index (χ0) is 19.7. The van der Waals surface area contributed by atoms with Crippen LogP contribution in [0.5, 0.6) is 5.75 Å². The van der Waals surface area contributed by atoms with Crippen molar-refractivity contribution in [1.29, 1.82) is 0 Å². The van der Waals surface area contributed by atoms with E-state index in [4.69, 9.17) is 9.15 Å². The van der Waals surface area contributed by atoms with E-state index in [2.05, 4.69) is 16.0 Å². The minimum absolute atomic E-state index is 0. The van der Waals surface area contributed by atoms with Crippen molar-refractivity contribution in [2.75, 3.05) is 30.3 Å². The van der Waals surface area contributed by atoms with Crippen LogP contribution in [0.4, 0.5) is 11.4 Å². The Morgan fingerprint density at radius 3 is 2.79 bits per heavy atom. The van der Waals surface area contributed by atoms with Gasteiger partial charge in [0.1, 0.15) is 17.1 Å². The van der Waals surface area contributed by atoms with E-state index in [1.807, 2.05) is 0 Å². The summed E-state index contributed by atoms with van der Waals surface area (Å²) in [6.07, 6.45) is 1.98. The van der Waals surface area contributed by atoms with E-state index >= 15 is 0 Å². The Bertz CT molecular complexity index is 998. The van der Waals surface area contributed by atoms with Crippen LogP contribution in [-0.2, 0) is 4.79 Å². The number of rotatable bonds is 3. The molecule has 9 heteroatoms. The molecule has 1 saturated heterocycles. The number of amides is 2. The van der Waals surface area contributed by atoms with E-state index in [-0.39, 0.29) is 36.4 Å². The van der Waals surface area contributed by atoms with Gasteiger partial charge in [-0.25, -0.2) is 4.79 Å². The van der Waals surface area contributed by atoms with Crippen LogP contribution < -0.4 is 26.3 Å². The molecule has 0 aliphatic carbocycles. The van der Waals surface area contributed by atoms with Gasteiger partial charge in [0.25, 0.3) is 11.8 Å². The summed E-state index contributed by atoms with van der Waals surface area (Å²) in [5, 5.41) is 8.67. The van der Waals surface area contributed by atoms with E-state index in [9.17, 15) is 14.4 Å². The smallest absolute Gasteiger partial charge is 0.349 e. The highest BCUT2D eigenvalue weighted by atomic mass is 35.5. The normalized spacial score (nSPS) is 18.0. The molecule has 1 unspecified atom stereocenters. The van der Waals surface area contributed by atoms with E-state index in [0.29, 0.717) is 28.4 Å². The van der Waals surface area contributed by atoms with Crippen LogP contribution in [0, 0.1) is 6.92 Å². The molecular formula is C20H22ClN3O5. The van der Waals surface area contributed by atoms with E-state index < -0.39 is 11.5 Å². The van der Waals surface area contributed by atoms with Gasteiger partial charge < -0.3 is 25.1 Å². The first-order chi connectivity index (χ1) is 13.5. The summed E-state index contributed by atoms with van der Waals surface area (Å²) in [5.74, 6) is 0.445. The van der Waals surface area contributed by atoms with Gasteiger partial charge in [-0.3, -0.25) is 9.59 Å². The molecule has 0 spiro atoms. The number of piperidine rings is 1. The number of hydrogen-bond donors (Lipinski definition) is 3. The minimum atomic E-state index is -0.639. The van der Waals surface area contributed by atoms with Gasteiger partial charge in [0, 0.05) is 24.2 Å². The molecule has 1 aromatic heterocycles. The standard InChI is InChI=1S/C20H21N3O5.ClH/c1-11-7-15(12-3-2-6-21-9-12)28-20(26)18(11)19(25)22-13-4-5-14-16(8-13)27-10-17(24)23-14;/h4-5,7-8,12,21H,2-3,6,9-10H2,1H3,(H,22,25)(H,23,24);1H. The van der Waals surface area contributed by atoms with Crippen LogP contribution in [-0.4, -0.2) is 31.5 Å². The number of nitrogens with one attached hydrogen (secondary N) is 3. The molecule has 1 atom stereocenters. The molecule has 4 rings (SSSR count). The zero-order valence-corrected chi connectivity index (χ0v) is 16.7. The maximum absolute atomic E-state index is 12.7. The van der Waals surface area contributed by atoms with Crippen LogP contribution >= 0.6 is 12.4 Å². The first-order valence-electron chi connectivity index (χ1n) is 9.24. The topological polar surface area (TPSA) is 110 Å². The van der Waals surface area contributed by atoms with Crippen molar-refractivity contribution in [1.82, 2.24) is 5.32 Å². The highest BCUT2D eigenvalue weighted by Gasteiger charge is 2.23. The van der Waals surface area contributed by atoms with Crippen LogP contribution in [0.2, 0.25) is 0 Å². The van der Waals surface area contributed by atoms with Crippen molar-refractivity contribution in [2.45, 2.75) is 25.7 Å². The number of halogens is 1. The lowest BCUT2D eigenvalue weighted by Crippen LogP contribution is -2.30. The number of carbonyl (C=O) groups excluding carboxylic acids is 2. The predicted octanol–water partition coefficient (Wildman–Crippen LogP) is 2.42. The van der Waals surface area contributed by atoms with Gasteiger partial charge in [0.2, 0.25) is 0 Å². The number of aryl methyl sites for hydroxylation is 1. The second kappa shape index (κ2) is 8.67. The summed E-state index contributed by atoms with van der Waals surface area (Å²) in [6, 6.07) is 6.65. The fourth-order valence-electron chi connectivity index (χ4n) is 3.55. The van der Waals surface area contributed by atoms with Crippen LogP contribution in [0.15, 0.2) is 33.5 Å². The fourth-order valence-corrected chi connectivity index (χ4v) is 3.55. The van der Waals surface area contributed by atoms with Crippen molar-refractivity contribution < 1.29 is 18.7 Å². The summed E-state index contributed by atoms with van der Waals surface area (Å²) in [7, 11) is 0.